The van der Waals surface area contributed by atoms with Crippen molar-refractivity contribution in [3.8, 4) is 11.4 Å². The van der Waals surface area contributed by atoms with Crippen molar-refractivity contribution >= 4 is 52.1 Å². The van der Waals surface area contributed by atoms with Gasteiger partial charge in [0, 0.05) is 34.5 Å². The number of ether oxygens (including phenoxy) is 1. The van der Waals surface area contributed by atoms with Crippen LogP contribution in [0.2, 0.25) is 0 Å². The predicted octanol–water partition coefficient (Wildman–Crippen LogP) is 1.24. The van der Waals surface area contributed by atoms with E-state index in [0.29, 0.717) is 29.0 Å². The quantitative estimate of drug-likeness (QED) is 0.0936. The molecule has 0 fully saturated rings. The third kappa shape index (κ3) is 7.66. The molecule has 0 radical (unpaired) electrons. The Balaban J connectivity index is 1.05. The predicted molar refractivity (Wildman–Crippen MR) is 211 cm³/mol. The van der Waals surface area contributed by atoms with Gasteiger partial charge in [-0.3, -0.25) is 28.8 Å². The fraction of sp³-hybridized carbons (Fsp3) is 0.381. The molecular weight excluding hydrogens is 747 g/mol. The summed E-state index contributed by atoms with van der Waals surface area (Å²) in [7, 11) is 0. The largest absolute Gasteiger partial charge is 0.458 e. The number of cyclic esters (lactones) is 1. The second-order valence-electron chi connectivity index (χ2n) is 15.1. The normalized spacial score (nSPS) is 16.7. The number of aryl methyl sites for hydroxylation is 2. The first-order valence-electron chi connectivity index (χ1n) is 19.4. The summed E-state index contributed by atoms with van der Waals surface area (Å²) in [5.41, 5.74) is 4.14. The molecule has 2 aromatic heterocycles. The van der Waals surface area contributed by atoms with E-state index in [4.69, 9.17) is 9.72 Å². The van der Waals surface area contributed by atoms with Crippen molar-refractivity contribution < 1.29 is 38.6 Å². The van der Waals surface area contributed by atoms with Crippen LogP contribution in [0.4, 0.5) is 5.69 Å². The van der Waals surface area contributed by atoms with Crippen LogP contribution in [0.5, 0.6) is 0 Å². The van der Waals surface area contributed by atoms with Crippen molar-refractivity contribution in [2.24, 2.45) is 5.92 Å². The van der Waals surface area contributed by atoms with Crippen LogP contribution in [0, 0.1) is 5.92 Å². The van der Waals surface area contributed by atoms with Gasteiger partial charge in [0.2, 0.25) is 29.5 Å². The summed E-state index contributed by atoms with van der Waals surface area (Å²) in [6.45, 7) is 3.97. The van der Waals surface area contributed by atoms with Gasteiger partial charge in [-0.2, -0.15) is 0 Å². The number of carbonyl (C=O) groups excluding carboxylic acids is 6. The molecule has 16 heteroatoms. The molecule has 7 rings (SSSR count). The summed E-state index contributed by atoms with van der Waals surface area (Å²) >= 11 is 0. The van der Waals surface area contributed by atoms with E-state index < -0.39 is 54.3 Å². The minimum atomic E-state index is -1.93. The molecule has 0 spiro atoms. The molecule has 2 aromatic carbocycles. The summed E-state index contributed by atoms with van der Waals surface area (Å²) in [5, 5.41) is 25.2. The molecule has 1 aliphatic carbocycles. The molecule has 3 aliphatic rings. The third-order valence-corrected chi connectivity index (χ3v) is 11.0. The Morgan fingerprint density at radius 3 is 2.31 bits per heavy atom. The van der Waals surface area contributed by atoms with E-state index in [9.17, 15) is 38.7 Å². The Morgan fingerprint density at radius 1 is 0.862 bits per heavy atom. The highest BCUT2D eigenvalue weighted by Gasteiger charge is 2.45. The van der Waals surface area contributed by atoms with Gasteiger partial charge in [-0.15, -0.1) is 0 Å². The number of esters is 1. The van der Waals surface area contributed by atoms with Crippen molar-refractivity contribution in [1.29, 1.82) is 0 Å². The van der Waals surface area contributed by atoms with E-state index in [2.05, 4.69) is 26.6 Å². The smallest absolute Gasteiger partial charge is 0.343 e. The Bertz CT molecular complexity index is 2430. The molecule has 6 N–H and O–H groups in total. The number of anilines is 1. The molecule has 4 aromatic rings. The van der Waals surface area contributed by atoms with E-state index in [1.165, 1.54) is 0 Å². The summed E-state index contributed by atoms with van der Waals surface area (Å²) < 4.78 is 6.82. The zero-order valence-electron chi connectivity index (χ0n) is 32.5. The van der Waals surface area contributed by atoms with Gasteiger partial charge in [-0.25, -0.2) is 9.78 Å². The Morgan fingerprint density at radius 2 is 1.57 bits per heavy atom. The first-order valence-corrected chi connectivity index (χ1v) is 19.4. The number of hydrogen-bond donors (Lipinski definition) is 6. The second-order valence-corrected chi connectivity index (χ2v) is 15.1. The lowest BCUT2D eigenvalue weighted by molar-refractivity contribution is -0.172. The van der Waals surface area contributed by atoms with E-state index in [1.54, 1.807) is 67.8 Å². The molecule has 0 bridgehead atoms. The highest BCUT2D eigenvalue weighted by atomic mass is 16.6. The molecule has 16 nitrogen and oxygen atoms in total. The average molecular weight is 792 g/mol. The lowest BCUT2D eigenvalue weighted by Gasteiger charge is -2.31. The minimum absolute atomic E-state index is 0.0425. The fourth-order valence-corrected chi connectivity index (χ4v) is 7.84. The van der Waals surface area contributed by atoms with Crippen LogP contribution in [0.3, 0.4) is 0 Å². The van der Waals surface area contributed by atoms with Gasteiger partial charge in [0.25, 0.3) is 5.56 Å². The number of fused-ring (bicyclic) bond motifs is 5. The van der Waals surface area contributed by atoms with E-state index >= 15 is 0 Å². The van der Waals surface area contributed by atoms with Crippen molar-refractivity contribution in [2.45, 2.75) is 77.7 Å². The van der Waals surface area contributed by atoms with Crippen LogP contribution in [0.25, 0.3) is 22.3 Å². The first kappa shape index (κ1) is 39.8. The molecule has 4 heterocycles. The topological polar surface area (TPSA) is 227 Å². The van der Waals surface area contributed by atoms with Crippen LogP contribution in [-0.2, 0) is 71.5 Å². The molecule has 5 amide bonds. The number of rotatable bonds is 13. The van der Waals surface area contributed by atoms with E-state index in [-0.39, 0.29) is 61.0 Å². The third-order valence-electron chi connectivity index (χ3n) is 11.0. The Labute approximate surface area is 333 Å². The van der Waals surface area contributed by atoms with Gasteiger partial charge in [0.15, 0.2) is 5.60 Å². The fourth-order valence-electron chi connectivity index (χ4n) is 7.84. The monoisotopic (exact) mass is 791 g/mol. The van der Waals surface area contributed by atoms with Crippen LogP contribution in [0.15, 0.2) is 53.3 Å². The van der Waals surface area contributed by atoms with Crippen LogP contribution < -0.4 is 32.1 Å². The highest BCUT2D eigenvalue weighted by molar-refractivity contribution is 6.01. The Kier molecular flexibility index (Phi) is 11.1. The highest BCUT2D eigenvalue weighted by Crippen LogP contribution is 2.43. The number of carbonyl (C=O) groups is 6. The maximum absolute atomic E-state index is 13.7. The maximum atomic E-state index is 13.7. The van der Waals surface area contributed by atoms with Gasteiger partial charge in [-0.05, 0) is 60.6 Å². The number of amides is 5. The lowest BCUT2D eigenvalue weighted by Crippen LogP contribution is -2.52. The molecular formula is C42H45N7O9. The number of aliphatic hydroxyl groups is 1. The van der Waals surface area contributed by atoms with Crippen LogP contribution >= 0.6 is 0 Å². The molecule has 0 unspecified atom stereocenters. The number of pyridine rings is 2. The molecule has 302 valence electrons. The van der Waals surface area contributed by atoms with Crippen molar-refractivity contribution in [3.63, 3.8) is 0 Å². The van der Waals surface area contributed by atoms with Gasteiger partial charge in [0.1, 0.15) is 12.6 Å². The number of nitrogens with one attached hydrogen (secondary N) is 5. The van der Waals surface area contributed by atoms with Crippen molar-refractivity contribution in [3.05, 3.63) is 92.3 Å². The summed E-state index contributed by atoms with van der Waals surface area (Å²) in [4.78, 5) is 94.9. The Hall–Kier alpha value is -6.42. The second kappa shape index (κ2) is 16.2. The molecule has 2 atom stereocenters. The first-order chi connectivity index (χ1) is 27.8. The van der Waals surface area contributed by atoms with Crippen molar-refractivity contribution in [2.75, 3.05) is 25.0 Å². The SMILES string of the molecule is CC[C@@]1(O)C(=O)OCc2c1cc1n(c2=O)Cc2c-1nc1ccc(NC(=O)CNC(=O)[C@H](Cc3ccccc3)NC(=O)CNC(=O)CNC(=O)C(C)C)c3c1c2CCC3. The molecule has 2 aliphatic heterocycles. The number of hydrogen-bond acceptors (Lipinski definition) is 10. The van der Waals surface area contributed by atoms with Gasteiger partial charge in [-0.1, -0.05) is 51.1 Å². The number of nitrogens with zero attached hydrogens (tertiary/aromatic N) is 2. The standard InChI is InChI=1S/C42H45N7O9/c1-4-42(57)28-16-32-37-26(20-49(32)40(55)27(28)21-58-41(42)56)24-11-8-12-25-29(13-14-30(48-37)36(24)25)46-35(52)19-45-39(54)31(15-23-9-6-5-7-10-23)47-34(51)18-43-33(50)17-44-38(53)22(2)3/h5-7,9-10,13-14,16,22,31,57H,4,8,11-12,15,17-21H2,1-3H3,(H,43,50)(H,44,53)(H,45,54)(H,46,52)(H,47,51)/t31-,42-/m0/s1. The van der Waals surface area contributed by atoms with Gasteiger partial charge < -0.3 is 41.0 Å². The molecule has 58 heavy (non-hydrogen) atoms. The number of benzene rings is 2. The van der Waals surface area contributed by atoms with Crippen LogP contribution in [-0.4, -0.2) is 75.8 Å². The summed E-state index contributed by atoms with van der Waals surface area (Å²) in [6.07, 6.45) is 2.31. The average Bonchev–Trinajstić information content (AvgIpc) is 3.60. The minimum Gasteiger partial charge on any atom is -0.458 e. The summed E-state index contributed by atoms with van der Waals surface area (Å²) in [5.74, 6) is -3.68. The zero-order chi connectivity index (χ0) is 41.3. The summed E-state index contributed by atoms with van der Waals surface area (Å²) in [6, 6.07) is 13.2. The lowest BCUT2D eigenvalue weighted by atomic mass is 9.85. The van der Waals surface area contributed by atoms with Crippen LogP contribution in [0.1, 0.15) is 67.0 Å². The van der Waals surface area contributed by atoms with Crippen molar-refractivity contribution in [1.82, 2.24) is 30.8 Å². The number of aromatic nitrogens is 2. The maximum Gasteiger partial charge on any atom is 0.343 e. The zero-order valence-corrected chi connectivity index (χ0v) is 32.5. The van der Waals surface area contributed by atoms with Gasteiger partial charge >= 0.3 is 5.97 Å². The molecule has 0 saturated carbocycles. The molecule has 0 saturated heterocycles. The van der Waals surface area contributed by atoms with E-state index in [1.807, 2.05) is 6.07 Å². The van der Waals surface area contributed by atoms with E-state index in [0.717, 1.165) is 40.5 Å². The van der Waals surface area contributed by atoms with Gasteiger partial charge in [0.05, 0.1) is 48.6 Å².